The highest BCUT2D eigenvalue weighted by molar-refractivity contribution is 7.99. The van der Waals surface area contributed by atoms with Gasteiger partial charge in [-0.15, -0.1) is 11.6 Å². The first-order valence-electron chi connectivity index (χ1n) is 5.77. The van der Waals surface area contributed by atoms with Crippen LogP contribution in [0.2, 0.25) is 0 Å². The second kappa shape index (κ2) is 5.44. The molecule has 4 heteroatoms. The van der Waals surface area contributed by atoms with E-state index in [4.69, 9.17) is 11.6 Å². The maximum atomic E-state index is 12.2. The number of hydrogen-bond acceptors (Lipinski definition) is 2. The van der Waals surface area contributed by atoms with Gasteiger partial charge in [0.1, 0.15) is 0 Å². The lowest BCUT2D eigenvalue weighted by Gasteiger charge is -2.36. The third-order valence-corrected chi connectivity index (χ3v) is 4.89. The van der Waals surface area contributed by atoms with Crippen LogP contribution >= 0.6 is 23.4 Å². The Bertz CT molecular complexity index is 231. The second-order valence-electron chi connectivity index (χ2n) is 4.40. The summed E-state index contributed by atoms with van der Waals surface area (Å²) in [4.78, 5) is 14.3. The Hall–Kier alpha value is 0.110. The normalized spacial score (nSPS) is 31.9. The van der Waals surface area contributed by atoms with Crippen molar-refractivity contribution < 1.29 is 4.79 Å². The van der Waals surface area contributed by atoms with Gasteiger partial charge in [0.25, 0.3) is 0 Å². The van der Waals surface area contributed by atoms with Crippen molar-refractivity contribution in [2.45, 2.75) is 31.7 Å². The highest BCUT2D eigenvalue weighted by Gasteiger charge is 2.32. The predicted octanol–water partition coefficient (Wildman–Crippen LogP) is 2.36. The van der Waals surface area contributed by atoms with Crippen molar-refractivity contribution in [3.05, 3.63) is 0 Å². The molecule has 0 aromatic carbocycles. The Morgan fingerprint density at radius 1 is 1.40 bits per heavy atom. The SMILES string of the molecule is O=C(C1CCSC1)N1CCCCC1CCl. The van der Waals surface area contributed by atoms with E-state index in [9.17, 15) is 4.79 Å². The standard InChI is InChI=1S/C11H18ClNOS/c12-7-10-3-1-2-5-13(10)11(14)9-4-6-15-8-9/h9-10H,1-8H2. The van der Waals surface area contributed by atoms with Gasteiger partial charge in [-0.1, -0.05) is 0 Å². The number of rotatable bonds is 2. The summed E-state index contributed by atoms with van der Waals surface area (Å²) in [6.45, 7) is 0.928. The fourth-order valence-corrected chi connectivity index (χ4v) is 3.95. The van der Waals surface area contributed by atoms with Crippen LogP contribution in [-0.4, -0.2) is 40.8 Å². The molecule has 0 radical (unpaired) electrons. The molecule has 2 nitrogen and oxygen atoms in total. The van der Waals surface area contributed by atoms with Crippen molar-refractivity contribution in [2.75, 3.05) is 23.9 Å². The third-order valence-electron chi connectivity index (χ3n) is 3.37. The third kappa shape index (κ3) is 2.62. The summed E-state index contributed by atoms with van der Waals surface area (Å²) < 4.78 is 0. The molecule has 86 valence electrons. The Kier molecular flexibility index (Phi) is 4.21. The van der Waals surface area contributed by atoms with Crippen LogP contribution in [0.15, 0.2) is 0 Å². The Balaban J connectivity index is 1.96. The second-order valence-corrected chi connectivity index (χ2v) is 5.85. The van der Waals surface area contributed by atoms with Gasteiger partial charge in [-0.25, -0.2) is 0 Å². The minimum Gasteiger partial charge on any atom is -0.338 e. The first kappa shape index (κ1) is 11.6. The van der Waals surface area contributed by atoms with Crippen LogP contribution in [0.25, 0.3) is 0 Å². The molecule has 0 aromatic heterocycles. The van der Waals surface area contributed by atoms with Gasteiger partial charge in [-0.3, -0.25) is 4.79 Å². The van der Waals surface area contributed by atoms with E-state index in [1.54, 1.807) is 0 Å². The highest BCUT2D eigenvalue weighted by atomic mass is 35.5. The van der Waals surface area contributed by atoms with Crippen LogP contribution in [-0.2, 0) is 4.79 Å². The van der Waals surface area contributed by atoms with E-state index >= 15 is 0 Å². The minimum absolute atomic E-state index is 0.277. The fourth-order valence-electron chi connectivity index (χ4n) is 2.41. The number of halogens is 1. The zero-order valence-corrected chi connectivity index (χ0v) is 10.5. The molecule has 1 amide bonds. The molecule has 2 rings (SSSR count). The zero-order valence-electron chi connectivity index (χ0n) is 8.95. The average Bonchev–Trinajstić information content (AvgIpc) is 2.81. The van der Waals surface area contributed by atoms with E-state index in [-0.39, 0.29) is 5.92 Å². The molecule has 2 aliphatic rings. The lowest BCUT2D eigenvalue weighted by atomic mass is 10.00. The monoisotopic (exact) mass is 247 g/mol. The lowest BCUT2D eigenvalue weighted by molar-refractivity contribution is -0.137. The van der Waals surface area contributed by atoms with Crippen LogP contribution in [0.3, 0.4) is 0 Å². The number of amides is 1. The van der Waals surface area contributed by atoms with Crippen molar-refractivity contribution in [1.82, 2.24) is 4.90 Å². The summed E-state index contributed by atoms with van der Waals surface area (Å²) in [6, 6.07) is 0.304. The lowest BCUT2D eigenvalue weighted by Crippen LogP contribution is -2.47. The molecular formula is C11H18ClNOS. The van der Waals surface area contributed by atoms with Crippen molar-refractivity contribution in [3.8, 4) is 0 Å². The molecular weight excluding hydrogens is 230 g/mol. The number of piperidine rings is 1. The fraction of sp³-hybridized carbons (Fsp3) is 0.909. The number of likely N-dealkylation sites (tertiary alicyclic amines) is 1. The summed E-state index contributed by atoms with van der Waals surface area (Å²) in [5.41, 5.74) is 0. The predicted molar refractivity (Wildman–Crippen MR) is 65.5 cm³/mol. The maximum absolute atomic E-state index is 12.2. The summed E-state index contributed by atoms with van der Waals surface area (Å²) in [5.74, 6) is 3.41. The molecule has 2 heterocycles. The van der Waals surface area contributed by atoms with E-state index in [1.807, 2.05) is 16.7 Å². The summed E-state index contributed by atoms with van der Waals surface area (Å²) in [6.07, 6.45) is 4.53. The van der Waals surface area contributed by atoms with Gasteiger partial charge < -0.3 is 4.90 Å². The molecule has 2 saturated heterocycles. The van der Waals surface area contributed by atoms with Crippen LogP contribution < -0.4 is 0 Å². The van der Waals surface area contributed by atoms with E-state index in [0.29, 0.717) is 17.8 Å². The summed E-state index contributed by atoms with van der Waals surface area (Å²) >= 11 is 7.83. The van der Waals surface area contributed by atoms with Gasteiger partial charge >= 0.3 is 0 Å². The van der Waals surface area contributed by atoms with E-state index in [2.05, 4.69) is 0 Å². The van der Waals surface area contributed by atoms with Crippen LogP contribution in [0.1, 0.15) is 25.7 Å². The van der Waals surface area contributed by atoms with Crippen molar-refractivity contribution in [1.29, 1.82) is 0 Å². The molecule has 2 unspecified atom stereocenters. The largest absolute Gasteiger partial charge is 0.338 e. The number of hydrogen-bond donors (Lipinski definition) is 0. The van der Waals surface area contributed by atoms with Gasteiger partial charge in [-0.2, -0.15) is 11.8 Å². The summed E-state index contributed by atoms with van der Waals surface area (Å²) in [7, 11) is 0. The number of thioether (sulfide) groups is 1. The smallest absolute Gasteiger partial charge is 0.226 e. The average molecular weight is 248 g/mol. The molecule has 0 aliphatic carbocycles. The molecule has 2 fully saturated rings. The van der Waals surface area contributed by atoms with Gasteiger partial charge in [0.05, 0.1) is 0 Å². The first-order valence-corrected chi connectivity index (χ1v) is 7.46. The van der Waals surface area contributed by atoms with Gasteiger partial charge in [0.2, 0.25) is 5.91 Å². The minimum atomic E-state index is 0.277. The number of nitrogens with zero attached hydrogens (tertiary/aromatic N) is 1. The van der Waals surface area contributed by atoms with Gasteiger partial charge in [0.15, 0.2) is 0 Å². The van der Waals surface area contributed by atoms with Crippen molar-refractivity contribution in [3.63, 3.8) is 0 Å². The highest BCUT2D eigenvalue weighted by Crippen LogP contribution is 2.28. The number of carbonyl (C=O) groups is 1. The van der Waals surface area contributed by atoms with Gasteiger partial charge in [0, 0.05) is 30.1 Å². The first-order chi connectivity index (χ1) is 7.33. The number of alkyl halides is 1. The number of carbonyl (C=O) groups excluding carboxylic acids is 1. The Morgan fingerprint density at radius 3 is 2.93 bits per heavy atom. The molecule has 2 atom stereocenters. The van der Waals surface area contributed by atoms with Crippen LogP contribution in [0, 0.1) is 5.92 Å². The molecule has 15 heavy (non-hydrogen) atoms. The van der Waals surface area contributed by atoms with Crippen LogP contribution in [0.4, 0.5) is 0 Å². The topological polar surface area (TPSA) is 20.3 Å². The van der Waals surface area contributed by atoms with Crippen LogP contribution in [0.5, 0.6) is 0 Å². The molecule has 0 spiro atoms. The molecule has 0 saturated carbocycles. The van der Waals surface area contributed by atoms with E-state index in [0.717, 1.165) is 37.3 Å². The van der Waals surface area contributed by atoms with Gasteiger partial charge in [-0.05, 0) is 31.4 Å². The zero-order chi connectivity index (χ0) is 10.7. The molecule has 2 aliphatic heterocycles. The molecule has 0 aromatic rings. The molecule has 0 N–H and O–H groups in total. The van der Waals surface area contributed by atoms with Crippen molar-refractivity contribution >= 4 is 29.3 Å². The van der Waals surface area contributed by atoms with E-state index in [1.165, 1.54) is 6.42 Å². The molecule has 0 bridgehead atoms. The Morgan fingerprint density at radius 2 is 2.27 bits per heavy atom. The maximum Gasteiger partial charge on any atom is 0.226 e. The summed E-state index contributed by atoms with van der Waals surface area (Å²) in [5, 5.41) is 0. The van der Waals surface area contributed by atoms with Crippen molar-refractivity contribution in [2.24, 2.45) is 5.92 Å². The van der Waals surface area contributed by atoms with E-state index < -0.39 is 0 Å². The quantitative estimate of drug-likeness (QED) is 0.699. The Labute approximate surface area is 101 Å².